The van der Waals surface area contributed by atoms with Crippen molar-refractivity contribution in [2.75, 3.05) is 0 Å². The second-order valence-corrected chi connectivity index (χ2v) is 5.73. The first-order valence-corrected chi connectivity index (χ1v) is 7.80. The van der Waals surface area contributed by atoms with Gasteiger partial charge in [0.25, 0.3) is 5.91 Å². The lowest BCUT2D eigenvalue weighted by atomic mass is 10.0. The van der Waals surface area contributed by atoms with Crippen LogP contribution in [0.4, 0.5) is 0 Å². The predicted molar refractivity (Wildman–Crippen MR) is 88.6 cm³/mol. The summed E-state index contributed by atoms with van der Waals surface area (Å²) in [6.45, 7) is 2.21. The van der Waals surface area contributed by atoms with E-state index in [0.29, 0.717) is 11.3 Å². The molecule has 3 aromatic rings. The van der Waals surface area contributed by atoms with Crippen molar-refractivity contribution in [3.8, 4) is 17.1 Å². The van der Waals surface area contributed by atoms with Gasteiger partial charge in [0.1, 0.15) is 12.4 Å². The predicted octanol–water partition coefficient (Wildman–Crippen LogP) is 3.73. The third-order valence-electron chi connectivity index (χ3n) is 4.15. The van der Waals surface area contributed by atoms with Crippen LogP contribution in [0.3, 0.4) is 0 Å². The van der Waals surface area contributed by atoms with Gasteiger partial charge in [0.15, 0.2) is 11.5 Å². The lowest BCUT2D eigenvalue weighted by Crippen LogP contribution is -2.28. The molecular weight excluding hydrogens is 304 g/mol. The monoisotopic (exact) mass is 320 g/mol. The molecule has 5 heteroatoms. The van der Waals surface area contributed by atoms with Gasteiger partial charge in [-0.05, 0) is 24.6 Å². The fraction of sp³-hybridized carbons (Fsp3) is 0.158. The molecule has 0 saturated carbocycles. The second kappa shape index (κ2) is 5.85. The zero-order chi connectivity index (χ0) is 16.5. The average Bonchev–Trinajstić information content (AvgIpc) is 3.07. The summed E-state index contributed by atoms with van der Waals surface area (Å²) >= 11 is 0. The number of fused-ring (bicyclic) bond motifs is 3. The number of hydrogen-bond donors (Lipinski definition) is 1. The second-order valence-electron chi connectivity index (χ2n) is 5.73. The highest BCUT2D eigenvalue weighted by Gasteiger charge is 2.29. The van der Waals surface area contributed by atoms with E-state index >= 15 is 0 Å². The number of para-hydroxylation sites is 1. The molecule has 0 saturated heterocycles. The van der Waals surface area contributed by atoms with Gasteiger partial charge >= 0.3 is 0 Å². The van der Waals surface area contributed by atoms with Gasteiger partial charge < -0.3 is 14.6 Å². The Bertz CT molecular complexity index is 887. The third-order valence-corrected chi connectivity index (χ3v) is 4.15. The van der Waals surface area contributed by atoms with Crippen molar-refractivity contribution in [3.05, 3.63) is 71.4 Å². The average molecular weight is 320 g/mol. The van der Waals surface area contributed by atoms with Crippen LogP contribution in [0.15, 0.2) is 59.1 Å². The molecule has 0 radical (unpaired) electrons. The quantitative estimate of drug-likeness (QED) is 0.799. The first-order chi connectivity index (χ1) is 11.7. The van der Waals surface area contributed by atoms with Crippen LogP contribution >= 0.6 is 0 Å². The maximum Gasteiger partial charge on any atom is 0.274 e. The van der Waals surface area contributed by atoms with Crippen LogP contribution < -0.4 is 10.1 Å². The van der Waals surface area contributed by atoms with E-state index in [9.17, 15) is 4.79 Å². The molecule has 120 valence electrons. The third kappa shape index (κ3) is 2.44. The van der Waals surface area contributed by atoms with Crippen LogP contribution in [-0.4, -0.2) is 11.1 Å². The van der Waals surface area contributed by atoms with E-state index in [4.69, 9.17) is 9.26 Å². The molecule has 0 unspecified atom stereocenters. The number of aromatic nitrogens is 1. The van der Waals surface area contributed by atoms with E-state index in [2.05, 4.69) is 10.5 Å². The molecule has 0 fully saturated rings. The Morgan fingerprint density at radius 1 is 1.12 bits per heavy atom. The first kappa shape index (κ1) is 14.5. The minimum Gasteiger partial charge on any atom is -0.488 e. The number of rotatable bonds is 3. The highest BCUT2D eigenvalue weighted by molar-refractivity contribution is 5.95. The van der Waals surface area contributed by atoms with Gasteiger partial charge in [0, 0.05) is 0 Å². The van der Waals surface area contributed by atoms with E-state index in [0.717, 1.165) is 16.9 Å². The number of carbonyl (C=O) groups excluding carboxylic acids is 1. The van der Waals surface area contributed by atoms with Crippen LogP contribution in [0.1, 0.15) is 34.6 Å². The standard InChI is InChI=1S/C19H16N2O3/c1-12(13-7-3-2-4-8-13)20-19(22)17-15-11-23-16-10-6-5-9-14(16)18(15)24-21-17/h2-10,12H,11H2,1H3,(H,20,22)/t12-/m1/s1. The van der Waals surface area contributed by atoms with Crippen molar-refractivity contribution in [3.63, 3.8) is 0 Å². The normalized spacial score (nSPS) is 13.4. The summed E-state index contributed by atoms with van der Waals surface area (Å²) in [5.41, 5.74) is 2.82. The van der Waals surface area contributed by atoms with E-state index in [1.807, 2.05) is 61.5 Å². The van der Waals surface area contributed by atoms with Gasteiger partial charge in [-0.2, -0.15) is 0 Å². The number of nitrogens with one attached hydrogen (secondary N) is 1. The molecule has 4 rings (SSSR count). The molecule has 5 nitrogen and oxygen atoms in total. The summed E-state index contributed by atoms with van der Waals surface area (Å²) in [7, 11) is 0. The molecule has 1 aromatic heterocycles. The molecule has 1 aliphatic rings. The zero-order valence-corrected chi connectivity index (χ0v) is 13.2. The van der Waals surface area contributed by atoms with Gasteiger partial charge in [-0.25, -0.2) is 0 Å². The van der Waals surface area contributed by atoms with E-state index in [-0.39, 0.29) is 24.2 Å². The number of nitrogens with zero attached hydrogens (tertiary/aromatic N) is 1. The maximum absolute atomic E-state index is 12.6. The Kier molecular flexibility index (Phi) is 3.54. The van der Waals surface area contributed by atoms with E-state index < -0.39 is 0 Å². The van der Waals surface area contributed by atoms with Gasteiger partial charge in [-0.3, -0.25) is 4.79 Å². The Labute approximate surface area is 139 Å². The van der Waals surface area contributed by atoms with Crippen LogP contribution in [-0.2, 0) is 6.61 Å². The maximum atomic E-state index is 12.6. The van der Waals surface area contributed by atoms with Crippen molar-refractivity contribution in [1.29, 1.82) is 0 Å². The highest BCUT2D eigenvalue weighted by atomic mass is 16.5. The molecular formula is C19H16N2O3. The van der Waals surface area contributed by atoms with Gasteiger partial charge in [0.2, 0.25) is 0 Å². The summed E-state index contributed by atoms with van der Waals surface area (Å²) in [6.07, 6.45) is 0. The molecule has 1 amide bonds. The van der Waals surface area contributed by atoms with Crippen LogP contribution in [0, 0.1) is 0 Å². The SMILES string of the molecule is C[C@@H](NC(=O)c1noc2c1COc1ccccc1-2)c1ccccc1. The number of amides is 1. The summed E-state index contributed by atoms with van der Waals surface area (Å²) in [4.78, 5) is 12.6. The van der Waals surface area contributed by atoms with Crippen LogP contribution in [0.25, 0.3) is 11.3 Å². The van der Waals surface area contributed by atoms with Crippen LogP contribution in [0.2, 0.25) is 0 Å². The number of carbonyl (C=O) groups is 1. The molecule has 24 heavy (non-hydrogen) atoms. The van der Waals surface area contributed by atoms with Crippen molar-refractivity contribution >= 4 is 5.91 Å². The summed E-state index contributed by atoms with van der Waals surface area (Å²) < 4.78 is 11.1. The number of benzene rings is 2. The molecule has 2 aromatic carbocycles. The van der Waals surface area contributed by atoms with Crippen molar-refractivity contribution in [1.82, 2.24) is 10.5 Å². The Morgan fingerprint density at radius 2 is 1.88 bits per heavy atom. The number of hydrogen-bond acceptors (Lipinski definition) is 4. The minimum atomic E-state index is -0.265. The van der Waals surface area contributed by atoms with Gasteiger partial charge in [-0.1, -0.05) is 47.6 Å². The molecule has 1 aliphatic heterocycles. The smallest absolute Gasteiger partial charge is 0.274 e. The fourth-order valence-electron chi connectivity index (χ4n) is 2.85. The summed E-state index contributed by atoms with van der Waals surface area (Å²) in [6, 6.07) is 17.2. The molecule has 0 bridgehead atoms. The highest BCUT2D eigenvalue weighted by Crippen LogP contribution is 2.38. The molecule has 1 atom stereocenters. The molecule has 1 N–H and O–H groups in total. The lowest BCUT2D eigenvalue weighted by molar-refractivity contribution is 0.0928. The molecule has 2 heterocycles. The Hall–Kier alpha value is -3.08. The molecule has 0 spiro atoms. The Balaban J connectivity index is 1.60. The molecule has 0 aliphatic carbocycles. The minimum absolute atomic E-state index is 0.122. The van der Waals surface area contributed by atoms with Crippen molar-refractivity contribution in [2.24, 2.45) is 0 Å². The largest absolute Gasteiger partial charge is 0.488 e. The fourth-order valence-corrected chi connectivity index (χ4v) is 2.85. The summed E-state index contributed by atoms with van der Waals surface area (Å²) in [5, 5.41) is 6.93. The lowest BCUT2D eigenvalue weighted by Gasteiger charge is -2.17. The van der Waals surface area contributed by atoms with Crippen molar-refractivity contribution < 1.29 is 14.1 Å². The topological polar surface area (TPSA) is 64.4 Å². The van der Waals surface area contributed by atoms with Gasteiger partial charge in [0.05, 0.1) is 17.2 Å². The van der Waals surface area contributed by atoms with E-state index in [1.165, 1.54) is 0 Å². The number of ether oxygens (including phenoxy) is 1. The van der Waals surface area contributed by atoms with Crippen LogP contribution in [0.5, 0.6) is 5.75 Å². The van der Waals surface area contributed by atoms with E-state index in [1.54, 1.807) is 0 Å². The zero-order valence-electron chi connectivity index (χ0n) is 13.2. The first-order valence-electron chi connectivity index (χ1n) is 7.80. The summed E-state index contributed by atoms with van der Waals surface area (Å²) in [5.74, 6) is 1.08. The van der Waals surface area contributed by atoms with Gasteiger partial charge in [-0.15, -0.1) is 0 Å². The Morgan fingerprint density at radius 3 is 2.71 bits per heavy atom. The van der Waals surface area contributed by atoms with Crippen molar-refractivity contribution in [2.45, 2.75) is 19.6 Å².